The Morgan fingerprint density at radius 2 is 1.44 bits per heavy atom. The first kappa shape index (κ1) is 25.2. The van der Waals surface area contributed by atoms with Crippen LogP contribution in [-0.4, -0.2) is 28.8 Å². The molecule has 0 aliphatic rings. The molecule has 0 saturated heterocycles. The lowest BCUT2D eigenvalue weighted by Gasteiger charge is -2.26. The number of ether oxygens (including phenoxy) is 2. The molecule has 3 aromatic rings. The third-order valence-corrected chi connectivity index (χ3v) is 5.80. The van der Waals surface area contributed by atoms with E-state index in [0.717, 1.165) is 16.7 Å². The topological polar surface area (TPSA) is 70.4 Å². The van der Waals surface area contributed by atoms with Gasteiger partial charge in [0.1, 0.15) is 6.61 Å². The Kier molecular flexibility index (Phi) is 7.01. The maximum Gasteiger partial charge on any atom is 0.358 e. The third-order valence-electron chi connectivity index (χ3n) is 5.80. The summed E-state index contributed by atoms with van der Waals surface area (Å²) in [6, 6.07) is 15.7. The van der Waals surface area contributed by atoms with Crippen molar-refractivity contribution in [3.05, 3.63) is 82.2 Å². The summed E-state index contributed by atoms with van der Waals surface area (Å²) in [5.41, 5.74) is 4.24. The smallest absolute Gasteiger partial charge is 0.358 e. The quantitative estimate of drug-likeness (QED) is 0.440. The van der Waals surface area contributed by atoms with Crippen LogP contribution in [0, 0.1) is 6.92 Å². The van der Waals surface area contributed by atoms with Crippen LogP contribution in [0.4, 0.5) is 0 Å². The van der Waals surface area contributed by atoms with Crippen LogP contribution in [0.3, 0.4) is 0 Å². The molecule has 0 atom stereocenters. The van der Waals surface area contributed by atoms with E-state index in [9.17, 15) is 9.59 Å². The number of aromatic nitrogens is 2. The van der Waals surface area contributed by atoms with Crippen LogP contribution in [0.1, 0.15) is 84.8 Å². The van der Waals surface area contributed by atoms with E-state index in [4.69, 9.17) is 9.47 Å². The second kappa shape index (κ2) is 9.45. The standard InChI is InChI=1S/C28H34N2O4/c1-18-23(25(31)33-8)29-30(24(18)26(32)34-17-19-12-10-9-11-13-19)22-15-20(27(2,3)4)14-21(16-22)28(5,6)7/h9-16H,17H2,1-8H3. The number of esters is 2. The molecule has 0 N–H and O–H groups in total. The number of carbonyl (C=O) groups is 2. The highest BCUT2D eigenvalue weighted by molar-refractivity contribution is 5.96. The summed E-state index contributed by atoms with van der Waals surface area (Å²) in [6.07, 6.45) is 0. The van der Waals surface area contributed by atoms with Gasteiger partial charge in [0.15, 0.2) is 11.4 Å². The Morgan fingerprint density at radius 3 is 1.94 bits per heavy atom. The van der Waals surface area contributed by atoms with Crippen LogP contribution in [0.25, 0.3) is 5.69 Å². The summed E-state index contributed by atoms with van der Waals surface area (Å²) in [7, 11) is 1.30. The van der Waals surface area contributed by atoms with Crippen molar-refractivity contribution in [2.75, 3.05) is 7.11 Å². The Bertz CT molecular complexity index is 1160. The predicted octanol–water partition coefficient (Wildman–Crippen LogP) is 5.92. The van der Waals surface area contributed by atoms with E-state index in [2.05, 4.69) is 52.7 Å². The van der Waals surface area contributed by atoms with Gasteiger partial charge in [0.2, 0.25) is 0 Å². The number of nitrogens with zero attached hydrogens (tertiary/aromatic N) is 2. The minimum atomic E-state index is -0.601. The Balaban J connectivity index is 2.17. The molecule has 0 amide bonds. The average Bonchev–Trinajstić information content (AvgIpc) is 3.13. The van der Waals surface area contributed by atoms with Crippen molar-refractivity contribution < 1.29 is 19.1 Å². The molecule has 0 radical (unpaired) electrons. The molecule has 0 unspecified atom stereocenters. The molecular weight excluding hydrogens is 428 g/mol. The highest BCUT2D eigenvalue weighted by atomic mass is 16.5. The zero-order chi connectivity index (χ0) is 25.3. The average molecular weight is 463 g/mol. The fourth-order valence-corrected chi connectivity index (χ4v) is 3.60. The van der Waals surface area contributed by atoms with E-state index in [0.29, 0.717) is 11.3 Å². The molecule has 0 bridgehead atoms. The van der Waals surface area contributed by atoms with Crippen molar-refractivity contribution in [2.45, 2.75) is 65.9 Å². The second-order valence-corrected chi connectivity index (χ2v) is 10.6. The predicted molar refractivity (Wildman–Crippen MR) is 133 cm³/mol. The first-order valence-electron chi connectivity index (χ1n) is 11.4. The van der Waals surface area contributed by atoms with Crippen LogP contribution in [0.2, 0.25) is 0 Å². The number of rotatable bonds is 5. The molecule has 6 heteroatoms. The molecule has 3 rings (SSSR count). The van der Waals surface area contributed by atoms with E-state index >= 15 is 0 Å². The molecule has 1 heterocycles. The van der Waals surface area contributed by atoms with Crippen LogP contribution in [-0.2, 0) is 26.9 Å². The SMILES string of the molecule is COC(=O)c1nn(-c2cc(C(C)(C)C)cc(C(C)(C)C)c2)c(C(=O)OCc2ccccc2)c1C. The van der Waals surface area contributed by atoms with E-state index in [1.807, 2.05) is 42.5 Å². The van der Waals surface area contributed by atoms with Gasteiger partial charge in [-0.2, -0.15) is 5.10 Å². The molecule has 2 aromatic carbocycles. The van der Waals surface area contributed by atoms with Crippen molar-refractivity contribution in [1.82, 2.24) is 9.78 Å². The first-order valence-corrected chi connectivity index (χ1v) is 11.4. The van der Waals surface area contributed by atoms with Gasteiger partial charge in [-0.15, -0.1) is 0 Å². The number of methoxy groups -OCH3 is 1. The number of hydrogen-bond donors (Lipinski definition) is 0. The third kappa shape index (κ3) is 5.38. The monoisotopic (exact) mass is 462 g/mol. The van der Waals surface area contributed by atoms with Crippen molar-refractivity contribution >= 4 is 11.9 Å². The summed E-state index contributed by atoms with van der Waals surface area (Å²) in [5, 5.41) is 4.51. The minimum Gasteiger partial charge on any atom is -0.464 e. The number of carbonyl (C=O) groups excluding carboxylic acids is 2. The maximum absolute atomic E-state index is 13.3. The summed E-state index contributed by atoms with van der Waals surface area (Å²) >= 11 is 0. The molecule has 0 fully saturated rings. The first-order chi connectivity index (χ1) is 15.8. The highest BCUT2D eigenvalue weighted by Crippen LogP contribution is 2.32. The molecular formula is C28H34N2O4. The lowest BCUT2D eigenvalue weighted by Crippen LogP contribution is -2.19. The van der Waals surface area contributed by atoms with E-state index in [1.54, 1.807) is 6.92 Å². The Hall–Kier alpha value is -3.41. The van der Waals surface area contributed by atoms with Crippen molar-refractivity contribution in [3.63, 3.8) is 0 Å². The fourth-order valence-electron chi connectivity index (χ4n) is 3.60. The van der Waals surface area contributed by atoms with Crippen LogP contribution >= 0.6 is 0 Å². The van der Waals surface area contributed by atoms with Gasteiger partial charge in [-0.1, -0.05) is 77.9 Å². The van der Waals surface area contributed by atoms with E-state index in [-0.39, 0.29) is 28.8 Å². The van der Waals surface area contributed by atoms with Crippen LogP contribution in [0.5, 0.6) is 0 Å². The summed E-state index contributed by atoms with van der Waals surface area (Å²) in [4.78, 5) is 25.7. The number of hydrogen-bond acceptors (Lipinski definition) is 5. The van der Waals surface area contributed by atoms with Gasteiger partial charge >= 0.3 is 11.9 Å². The van der Waals surface area contributed by atoms with Gasteiger partial charge in [-0.05, 0) is 46.6 Å². The largest absolute Gasteiger partial charge is 0.464 e. The molecule has 180 valence electrons. The summed E-state index contributed by atoms with van der Waals surface area (Å²) in [5.74, 6) is -1.15. The molecule has 0 saturated carbocycles. The minimum absolute atomic E-state index is 0.0904. The van der Waals surface area contributed by atoms with Crippen molar-refractivity contribution in [3.8, 4) is 5.69 Å². The number of benzene rings is 2. The molecule has 1 aromatic heterocycles. The normalized spacial score (nSPS) is 11.9. The Labute approximate surface area is 201 Å². The van der Waals surface area contributed by atoms with Gasteiger partial charge in [0.25, 0.3) is 0 Å². The van der Waals surface area contributed by atoms with Gasteiger partial charge in [0.05, 0.1) is 12.8 Å². The highest BCUT2D eigenvalue weighted by Gasteiger charge is 2.29. The fraction of sp³-hybridized carbons (Fsp3) is 0.393. The van der Waals surface area contributed by atoms with Gasteiger partial charge in [0, 0.05) is 5.56 Å². The second-order valence-electron chi connectivity index (χ2n) is 10.6. The molecule has 0 aliphatic carbocycles. The molecule has 0 spiro atoms. The summed E-state index contributed by atoms with van der Waals surface area (Å²) < 4.78 is 12.1. The van der Waals surface area contributed by atoms with E-state index < -0.39 is 11.9 Å². The van der Waals surface area contributed by atoms with Gasteiger partial charge < -0.3 is 9.47 Å². The Morgan fingerprint density at radius 1 is 0.882 bits per heavy atom. The van der Waals surface area contributed by atoms with Crippen molar-refractivity contribution in [1.29, 1.82) is 0 Å². The van der Waals surface area contributed by atoms with Gasteiger partial charge in [-0.25, -0.2) is 14.3 Å². The molecule has 6 nitrogen and oxygen atoms in total. The zero-order valence-corrected chi connectivity index (χ0v) is 21.4. The lowest BCUT2D eigenvalue weighted by molar-refractivity contribution is 0.0461. The zero-order valence-electron chi connectivity index (χ0n) is 21.4. The van der Waals surface area contributed by atoms with E-state index in [1.165, 1.54) is 11.8 Å². The lowest BCUT2D eigenvalue weighted by atomic mass is 9.80. The summed E-state index contributed by atoms with van der Waals surface area (Å²) in [6.45, 7) is 14.6. The van der Waals surface area contributed by atoms with Crippen molar-refractivity contribution in [2.24, 2.45) is 0 Å². The molecule has 0 aliphatic heterocycles. The maximum atomic E-state index is 13.3. The van der Waals surface area contributed by atoms with Crippen LogP contribution in [0.15, 0.2) is 48.5 Å². The van der Waals surface area contributed by atoms with Gasteiger partial charge in [-0.3, -0.25) is 0 Å². The van der Waals surface area contributed by atoms with Crippen LogP contribution < -0.4 is 0 Å². The molecule has 34 heavy (non-hydrogen) atoms.